The molecule has 1 saturated heterocycles. The summed E-state index contributed by atoms with van der Waals surface area (Å²) in [5.41, 5.74) is 1.25. The molecule has 0 atom stereocenters. The Labute approximate surface area is 187 Å². The predicted molar refractivity (Wildman–Crippen MR) is 113 cm³/mol. The minimum absolute atomic E-state index is 0.0862. The Morgan fingerprint density at radius 2 is 1.97 bits per heavy atom. The first-order valence-electron chi connectivity index (χ1n) is 9.79. The number of alkyl halides is 2. The highest BCUT2D eigenvalue weighted by Gasteiger charge is 2.17. The standard InChI is InChI=1S/C16H10ClF3N4O2.C5H11N/c17-12-5-11(3-4-13(12)18)24(8-25)7-10-2-1-9(6-21-10)15-22-23-16(26-15)14(19)20;1-6-4-2-3-5-6/h1-6,8,14H,7H2;2-5H2,1H3. The van der Waals surface area contributed by atoms with Crippen LogP contribution in [0.1, 0.15) is 30.9 Å². The van der Waals surface area contributed by atoms with Gasteiger partial charge in [-0.05, 0) is 63.3 Å². The number of carbonyl (C=O) groups excluding carboxylic acids is 1. The first-order valence-corrected chi connectivity index (χ1v) is 10.2. The second-order valence-corrected chi connectivity index (χ2v) is 7.53. The van der Waals surface area contributed by atoms with Gasteiger partial charge in [-0.15, -0.1) is 10.2 Å². The van der Waals surface area contributed by atoms with Crippen molar-refractivity contribution in [1.82, 2.24) is 20.1 Å². The zero-order valence-electron chi connectivity index (χ0n) is 17.2. The molecule has 1 fully saturated rings. The third-order valence-electron chi connectivity index (χ3n) is 4.72. The molecule has 0 N–H and O–H groups in total. The molecule has 7 nitrogen and oxygen atoms in total. The number of halogens is 4. The third-order valence-corrected chi connectivity index (χ3v) is 5.01. The van der Waals surface area contributed by atoms with Gasteiger partial charge in [-0.2, -0.15) is 8.78 Å². The summed E-state index contributed by atoms with van der Waals surface area (Å²) in [5, 5.41) is 6.66. The monoisotopic (exact) mass is 467 g/mol. The second-order valence-electron chi connectivity index (χ2n) is 7.13. The van der Waals surface area contributed by atoms with E-state index in [0.717, 1.165) is 6.07 Å². The molecule has 0 aliphatic carbocycles. The lowest BCUT2D eigenvalue weighted by molar-refractivity contribution is -0.107. The first-order chi connectivity index (χ1) is 15.4. The van der Waals surface area contributed by atoms with Gasteiger partial charge in [-0.25, -0.2) is 4.39 Å². The van der Waals surface area contributed by atoms with Gasteiger partial charge in [-0.3, -0.25) is 9.78 Å². The number of anilines is 1. The lowest BCUT2D eigenvalue weighted by Crippen LogP contribution is -2.21. The Bertz CT molecular complexity index is 1030. The van der Waals surface area contributed by atoms with E-state index in [1.54, 1.807) is 12.1 Å². The van der Waals surface area contributed by atoms with Crippen LogP contribution < -0.4 is 4.90 Å². The summed E-state index contributed by atoms with van der Waals surface area (Å²) >= 11 is 5.72. The second kappa shape index (κ2) is 11.1. The van der Waals surface area contributed by atoms with Crippen molar-refractivity contribution in [3.8, 4) is 11.5 Å². The average Bonchev–Trinajstić information content (AvgIpc) is 3.47. The van der Waals surface area contributed by atoms with E-state index in [4.69, 9.17) is 16.0 Å². The number of hydrogen-bond donors (Lipinski definition) is 0. The molecule has 1 amide bonds. The number of aromatic nitrogens is 3. The van der Waals surface area contributed by atoms with Crippen LogP contribution in [-0.4, -0.2) is 46.6 Å². The molecule has 2 aromatic heterocycles. The molecule has 4 rings (SSSR count). The molecule has 1 aliphatic heterocycles. The predicted octanol–water partition coefficient (Wildman–Crippen LogP) is 4.74. The van der Waals surface area contributed by atoms with Crippen LogP contribution in [0.4, 0.5) is 18.9 Å². The number of likely N-dealkylation sites (tertiary alicyclic amines) is 1. The van der Waals surface area contributed by atoms with Crippen LogP contribution in [0.5, 0.6) is 0 Å². The van der Waals surface area contributed by atoms with Gasteiger partial charge in [0.1, 0.15) is 5.82 Å². The minimum atomic E-state index is -2.85. The van der Waals surface area contributed by atoms with E-state index in [0.29, 0.717) is 23.4 Å². The zero-order chi connectivity index (χ0) is 23.1. The summed E-state index contributed by atoms with van der Waals surface area (Å²) < 4.78 is 43.0. The Balaban J connectivity index is 0.000000416. The summed E-state index contributed by atoms with van der Waals surface area (Å²) in [7, 11) is 2.17. The van der Waals surface area contributed by atoms with Crippen LogP contribution >= 0.6 is 11.6 Å². The van der Waals surface area contributed by atoms with Gasteiger partial charge in [0.2, 0.25) is 12.3 Å². The fourth-order valence-electron chi connectivity index (χ4n) is 2.99. The molecule has 0 unspecified atom stereocenters. The van der Waals surface area contributed by atoms with Crippen LogP contribution in [0, 0.1) is 5.82 Å². The first kappa shape index (κ1) is 23.7. The van der Waals surface area contributed by atoms with E-state index < -0.39 is 18.1 Å². The Morgan fingerprint density at radius 3 is 2.47 bits per heavy atom. The average molecular weight is 468 g/mol. The molecule has 3 heterocycles. The SMILES string of the molecule is CN1CCCC1.O=CN(Cc1ccc(-c2nnc(C(F)F)o2)cn1)c1ccc(F)c(Cl)c1. The van der Waals surface area contributed by atoms with E-state index in [2.05, 4.69) is 27.1 Å². The molecule has 32 heavy (non-hydrogen) atoms. The fraction of sp³-hybridized carbons (Fsp3) is 0.333. The van der Waals surface area contributed by atoms with Crippen molar-refractivity contribution in [3.05, 3.63) is 59.0 Å². The normalized spacial score (nSPS) is 13.7. The van der Waals surface area contributed by atoms with Gasteiger partial charge in [0.05, 0.1) is 22.8 Å². The molecule has 0 saturated carbocycles. The van der Waals surface area contributed by atoms with Crippen LogP contribution in [0.3, 0.4) is 0 Å². The highest BCUT2D eigenvalue weighted by atomic mass is 35.5. The lowest BCUT2D eigenvalue weighted by atomic mass is 10.2. The summed E-state index contributed by atoms with van der Waals surface area (Å²) in [6.07, 6.45) is 1.89. The molecular formula is C21H21ClF3N5O2. The van der Waals surface area contributed by atoms with E-state index >= 15 is 0 Å². The maximum atomic E-state index is 13.2. The Hall–Kier alpha value is -2.98. The van der Waals surface area contributed by atoms with Crippen molar-refractivity contribution in [2.24, 2.45) is 0 Å². The Kier molecular flexibility index (Phi) is 8.18. The van der Waals surface area contributed by atoms with Gasteiger partial charge >= 0.3 is 6.43 Å². The highest BCUT2D eigenvalue weighted by molar-refractivity contribution is 6.31. The highest BCUT2D eigenvalue weighted by Crippen LogP contribution is 2.25. The number of carbonyl (C=O) groups is 1. The lowest BCUT2D eigenvalue weighted by Gasteiger charge is -2.17. The summed E-state index contributed by atoms with van der Waals surface area (Å²) in [6, 6.07) is 7.01. The van der Waals surface area contributed by atoms with Gasteiger partial charge in [-0.1, -0.05) is 11.6 Å². The van der Waals surface area contributed by atoms with E-state index in [9.17, 15) is 18.0 Å². The van der Waals surface area contributed by atoms with Gasteiger partial charge in [0.25, 0.3) is 5.89 Å². The van der Waals surface area contributed by atoms with Crippen LogP contribution in [0.15, 0.2) is 40.9 Å². The van der Waals surface area contributed by atoms with E-state index in [1.165, 1.54) is 49.2 Å². The van der Waals surface area contributed by atoms with Crippen molar-refractivity contribution in [1.29, 1.82) is 0 Å². The topological polar surface area (TPSA) is 75.4 Å². The fourth-order valence-corrected chi connectivity index (χ4v) is 3.16. The number of hydrogen-bond acceptors (Lipinski definition) is 6. The molecule has 3 aromatic rings. The number of benzene rings is 1. The van der Waals surface area contributed by atoms with Crippen molar-refractivity contribution in [2.75, 3.05) is 25.0 Å². The molecule has 11 heteroatoms. The van der Waals surface area contributed by atoms with Crippen molar-refractivity contribution < 1.29 is 22.4 Å². The zero-order valence-corrected chi connectivity index (χ0v) is 18.0. The van der Waals surface area contributed by atoms with Gasteiger partial charge in [0.15, 0.2) is 0 Å². The molecule has 1 aliphatic rings. The molecule has 1 aromatic carbocycles. The van der Waals surface area contributed by atoms with E-state index in [1.807, 2.05) is 0 Å². The summed E-state index contributed by atoms with van der Waals surface area (Å²) in [4.78, 5) is 19.1. The maximum Gasteiger partial charge on any atom is 0.314 e. The molecule has 0 bridgehead atoms. The number of pyridine rings is 1. The molecule has 170 valence electrons. The van der Waals surface area contributed by atoms with Gasteiger partial charge < -0.3 is 14.2 Å². The smallest absolute Gasteiger partial charge is 0.314 e. The molecular weight excluding hydrogens is 447 g/mol. The van der Waals surface area contributed by atoms with Crippen molar-refractivity contribution >= 4 is 23.7 Å². The molecule has 0 radical (unpaired) electrons. The number of nitrogens with zero attached hydrogens (tertiary/aromatic N) is 5. The van der Waals surface area contributed by atoms with Crippen LogP contribution in [-0.2, 0) is 11.3 Å². The minimum Gasteiger partial charge on any atom is -0.415 e. The quantitative estimate of drug-likeness (QED) is 0.487. The molecule has 0 spiro atoms. The maximum absolute atomic E-state index is 13.2. The van der Waals surface area contributed by atoms with E-state index in [-0.39, 0.29) is 17.5 Å². The summed E-state index contributed by atoms with van der Waals surface area (Å²) in [6.45, 7) is 2.73. The Morgan fingerprint density at radius 1 is 1.22 bits per heavy atom. The summed E-state index contributed by atoms with van der Waals surface area (Å²) in [5.74, 6) is -1.45. The van der Waals surface area contributed by atoms with Gasteiger partial charge in [0, 0.05) is 11.9 Å². The van der Waals surface area contributed by atoms with Crippen LogP contribution in [0.25, 0.3) is 11.5 Å². The van der Waals surface area contributed by atoms with Crippen molar-refractivity contribution in [3.63, 3.8) is 0 Å². The number of rotatable bonds is 6. The largest absolute Gasteiger partial charge is 0.415 e. The third kappa shape index (κ3) is 6.27. The van der Waals surface area contributed by atoms with Crippen molar-refractivity contribution in [2.45, 2.75) is 25.8 Å². The number of amides is 1. The van der Waals surface area contributed by atoms with Crippen LogP contribution in [0.2, 0.25) is 5.02 Å².